The van der Waals surface area contributed by atoms with Gasteiger partial charge in [-0.15, -0.1) is 0 Å². The van der Waals surface area contributed by atoms with E-state index in [1.165, 1.54) is 0 Å². The van der Waals surface area contributed by atoms with E-state index in [0.717, 1.165) is 37.9 Å². The Balaban J connectivity index is 2.04. The molecule has 1 aromatic rings. The zero-order valence-corrected chi connectivity index (χ0v) is 9.39. The van der Waals surface area contributed by atoms with Crippen molar-refractivity contribution in [1.29, 1.82) is 0 Å². The maximum Gasteiger partial charge on any atom is 0.115 e. The maximum absolute atomic E-state index is 10.3. The number of phenols is 1. The Hall–Kier alpha value is -1.06. The first kappa shape index (κ1) is 11.4. The van der Waals surface area contributed by atoms with Gasteiger partial charge < -0.3 is 15.5 Å². The third kappa shape index (κ3) is 2.74. The largest absolute Gasteiger partial charge is 0.508 e. The summed E-state index contributed by atoms with van der Waals surface area (Å²) in [4.78, 5) is 0. The minimum Gasteiger partial charge on any atom is -0.508 e. The quantitative estimate of drug-likeness (QED) is 0.714. The lowest BCUT2D eigenvalue weighted by molar-refractivity contribution is 0.101. The molecule has 88 valence electrons. The highest BCUT2D eigenvalue weighted by atomic mass is 16.3. The van der Waals surface area contributed by atoms with Crippen molar-refractivity contribution in [1.82, 2.24) is 5.32 Å². The molecular weight excluding hydrogens is 202 g/mol. The first-order chi connectivity index (χ1) is 7.77. The van der Waals surface area contributed by atoms with Gasteiger partial charge in [-0.1, -0.05) is 12.1 Å². The molecule has 16 heavy (non-hydrogen) atoms. The van der Waals surface area contributed by atoms with E-state index in [9.17, 15) is 10.2 Å². The highest BCUT2D eigenvalue weighted by Crippen LogP contribution is 2.29. The molecule has 0 spiro atoms. The number of nitrogens with one attached hydrogen (secondary N) is 1. The first-order valence-corrected chi connectivity index (χ1v) is 5.95. The van der Waals surface area contributed by atoms with Gasteiger partial charge in [-0.05, 0) is 56.0 Å². The molecule has 1 aliphatic rings. The van der Waals surface area contributed by atoms with Crippen LogP contribution in [0.15, 0.2) is 24.3 Å². The van der Waals surface area contributed by atoms with Crippen LogP contribution in [0.2, 0.25) is 0 Å². The van der Waals surface area contributed by atoms with E-state index in [2.05, 4.69) is 5.32 Å². The number of phenolic OH excluding ortho intramolecular Hbond substituents is 1. The molecule has 3 heteroatoms. The number of aliphatic hydroxyl groups is 1. The number of benzene rings is 1. The number of aromatic hydroxyl groups is 1. The molecule has 0 aliphatic carbocycles. The van der Waals surface area contributed by atoms with Gasteiger partial charge in [-0.25, -0.2) is 0 Å². The molecule has 2 rings (SSSR count). The number of hydrogen-bond acceptors (Lipinski definition) is 3. The zero-order chi connectivity index (χ0) is 11.4. The van der Waals surface area contributed by atoms with Crippen molar-refractivity contribution in [2.45, 2.75) is 25.4 Å². The third-order valence-corrected chi connectivity index (χ3v) is 3.30. The first-order valence-electron chi connectivity index (χ1n) is 5.95. The molecular formula is C13H19NO2. The average Bonchev–Trinajstić information content (AvgIpc) is 2.57. The van der Waals surface area contributed by atoms with E-state index in [0.29, 0.717) is 5.92 Å². The molecule has 0 radical (unpaired) electrons. The molecule has 3 N–H and O–H groups in total. The van der Waals surface area contributed by atoms with E-state index in [-0.39, 0.29) is 5.75 Å². The van der Waals surface area contributed by atoms with Crippen LogP contribution >= 0.6 is 0 Å². The van der Waals surface area contributed by atoms with Gasteiger partial charge in [0.05, 0.1) is 6.10 Å². The van der Waals surface area contributed by atoms with Crippen LogP contribution in [-0.4, -0.2) is 23.3 Å². The topological polar surface area (TPSA) is 52.5 Å². The maximum atomic E-state index is 10.3. The Labute approximate surface area is 96.1 Å². The summed E-state index contributed by atoms with van der Waals surface area (Å²) in [6.07, 6.45) is 2.80. The molecule has 2 atom stereocenters. The molecule has 1 fully saturated rings. The van der Waals surface area contributed by atoms with Crippen molar-refractivity contribution in [3.8, 4) is 5.75 Å². The summed E-state index contributed by atoms with van der Waals surface area (Å²) < 4.78 is 0. The van der Waals surface area contributed by atoms with Gasteiger partial charge in [0.2, 0.25) is 0 Å². The zero-order valence-electron chi connectivity index (χ0n) is 9.39. The van der Waals surface area contributed by atoms with Gasteiger partial charge in [0.15, 0.2) is 0 Å². The van der Waals surface area contributed by atoms with E-state index in [1.54, 1.807) is 24.3 Å². The van der Waals surface area contributed by atoms with Gasteiger partial charge in [0.1, 0.15) is 5.75 Å². The highest BCUT2D eigenvalue weighted by molar-refractivity contribution is 5.27. The highest BCUT2D eigenvalue weighted by Gasteiger charge is 2.21. The molecule has 2 unspecified atom stereocenters. The van der Waals surface area contributed by atoms with Gasteiger partial charge >= 0.3 is 0 Å². The molecule has 1 saturated heterocycles. The van der Waals surface area contributed by atoms with Crippen molar-refractivity contribution in [3.05, 3.63) is 29.8 Å². The van der Waals surface area contributed by atoms with Crippen LogP contribution in [0.4, 0.5) is 0 Å². The Kier molecular flexibility index (Phi) is 3.80. The lowest BCUT2D eigenvalue weighted by Gasteiger charge is -2.21. The van der Waals surface area contributed by atoms with Crippen LogP contribution in [0.5, 0.6) is 5.75 Å². The van der Waals surface area contributed by atoms with Crippen molar-refractivity contribution >= 4 is 0 Å². The van der Waals surface area contributed by atoms with Crippen LogP contribution in [0.25, 0.3) is 0 Å². The Morgan fingerprint density at radius 2 is 1.88 bits per heavy atom. The molecule has 0 saturated carbocycles. The second-order valence-corrected chi connectivity index (χ2v) is 4.48. The Bertz CT molecular complexity index is 315. The molecule has 1 aliphatic heterocycles. The third-order valence-electron chi connectivity index (χ3n) is 3.30. The van der Waals surface area contributed by atoms with Crippen LogP contribution in [0, 0.1) is 5.92 Å². The van der Waals surface area contributed by atoms with Crippen molar-refractivity contribution in [2.24, 2.45) is 5.92 Å². The lowest BCUT2D eigenvalue weighted by atomic mass is 9.90. The fourth-order valence-electron chi connectivity index (χ4n) is 2.31. The summed E-state index contributed by atoms with van der Waals surface area (Å²) in [7, 11) is 0. The standard InChI is InChI=1S/C13H19NO2/c15-12-5-3-11(4-6-12)13(16)10-2-1-8-14-9-7-10/h3-6,10,13-16H,1-2,7-9H2. The molecule has 0 amide bonds. The van der Waals surface area contributed by atoms with Gasteiger partial charge in [0, 0.05) is 0 Å². The van der Waals surface area contributed by atoms with Crippen molar-refractivity contribution in [3.63, 3.8) is 0 Å². The number of rotatable bonds is 2. The fraction of sp³-hybridized carbons (Fsp3) is 0.538. The SMILES string of the molecule is Oc1ccc(C(O)C2CCCNCC2)cc1. The lowest BCUT2D eigenvalue weighted by Crippen LogP contribution is -2.16. The van der Waals surface area contributed by atoms with Gasteiger partial charge in [0.25, 0.3) is 0 Å². The Morgan fingerprint density at radius 1 is 1.12 bits per heavy atom. The molecule has 1 heterocycles. The summed E-state index contributed by atoms with van der Waals surface area (Å²) in [5.41, 5.74) is 0.907. The summed E-state index contributed by atoms with van der Waals surface area (Å²) in [6, 6.07) is 6.87. The minimum absolute atomic E-state index is 0.249. The molecule has 0 bridgehead atoms. The number of hydrogen-bond donors (Lipinski definition) is 3. The van der Waals surface area contributed by atoms with Crippen molar-refractivity contribution < 1.29 is 10.2 Å². The molecule has 3 nitrogen and oxygen atoms in total. The summed E-state index contributed by atoms with van der Waals surface area (Å²) >= 11 is 0. The van der Waals surface area contributed by atoms with E-state index < -0.39 is 6.10 Å². The predicted octanol–water partition coefficient (Wildman–Crippen LogP) is 1.82. The predicted molar refractivity (Wildman–Crippen MR) is 63.3 cm³/mol. The second kappa shape index (κ2) is 5.32. The number of aliphatic hydroxyl groups excluding tert-OH is 1. The van der Waals surface area contributed by atoms with Gasteiger partial charge in [-0.2, -0.15) is 0 Å². The van der Waals surface area contributed by atoms with Gasteiger partial charge in [-0.3, -0.25) is 0 Å². The van der Waals surface area contributed by atoms with Crippen molar-refractivity contribution in [2.75, 3.05) is 13.1 Å². The van der Waals surface area contributed by atoms with Crippen LogP contribution in [-0.2, 0) is 0 Å². The molecule has 1 aromatic carbocycles. The van der Waals surface area contributed by atoms with E-state index >= 15 is 0 Å². The monoisotopic (exact) mass is 221 g/mol. The van der Waals surface area contributed by atoms with Crippen LogP contribution in [0.3, 0.4) is 0 Å². The minimum atomic E-state index is -0.402. The summed E-state index contributed by atoms with van der Waals surface area (Å²) in [6.45, 7) is 2.04. The fourth-order valence-corrected chi connectivity index (χ4v) is 2.31. The summed E-state index contributed by atoms with van der Waals surface area (Å²) in [5, 5.41) is 22.8. The van der Waals surface area contributed by atoms with Crippen LogP contribution in [0.1, 0.15) is 30.9 Å². The smallest absolute Gasteiger partial charge is 0.115 e. The normalized spacial score (nSPS) is 23.7. The Morgan fingerprint density at radius 3 is 2.62 bits per heavy atom. The summed E-state index contributed by atoms with van der Waals surface area (Å²) in [5.74, 6) is 0.582. The van der Waals surface area contributed by atoms with E-state index in [1.807, 2.05) is 0 Å². The molecule has 0 aromatic heterocycles. The second-order valence-electron chi connectivity index (χ2n) is 4.48. The van der Waals surface area contributed by atoms with E-state index in [4.69, 9.17) is 0 Å². The average molecular weight is 221 g/mol. The van der Waals surface area contributed by atoms with Crippen LogP contribution < -0.4 is 5.32 Å².